The first-order valence-electron chi connectivity index (χ1n) is 8.11. The van der Waals surface area contributed by atoms with Gasteiger partial charge in [-0.05, 0) is 31.9 Å². The molecule has 6 heteroatoms. The van der Waals surface area contributed by atoms with Gasteiger partial charge >= 0.3 is 0 Å². The standard InChI is InChI=1S/C17H23F2NO3/c1-2-23-14-9-8-12(18)15(16(14)19)17(22)20-13-7-5-3-4-6-11(13)10-21/h8-9,11,13,21H,2-7,10H2,1H3,(H,20,22). The van der Waals surface area contributed by atoms with Crippen LogP contribution in [0.15, 0.2) is 12.1 Å². The van der Waals surface area contributed by atoms with E-state index in [4.69, 9.17) is 4.74 Å². The number of halogens is 2. The van der Waals surface area contributed by atoms with Gasteiger partial charge in [0.1, 0.15) is 11.4 Å². The first-order valence-corrected chi connectivity index (χ1v) is 8.11. The molecule has 1 amide bonds. The Morgan fingerprint density at radius 2 is 2.04 bits per heavy atom. The molecule has 0 aliphatic heterocycles. The van der Waals surface area contributed by atoms with Crippen LogP contribution < -0.4 is 10.1 Å². The Balaban J connectivity index is 2.20. The van der Waals surface area contributed by atoms with Crippen LogP contribution in [0.3, 0.4) is 0 Å². The van der Waals surface area contributed by atoms with Crippen molar-refractivity contribution in [3.8, 4) is 5.75 Å². The third-order valence-electron chi connectivity index (χ3n) is 4.29. The molecule has 128 valence electrons. The van der Waals surface area contributed by atoms with E-state index in [9.17, 15) is 18.7 Å². The maximum Gasteiger partial charge on any atom is 0.257 e. The molecule has 1 fully saturated rings. The fourth-order valence-corrected chi connectivity index (χ4v) is 3.04. The minimum atomic E-state index is -0.987. The molecular formula is C17H23F2NO3. The molecule has 1 aliphatic carbocycles. The zero-order valence-electron chi connectivity index (χ0n) is 13.3. The topological polar surface area (TPSA) is 58.6 Å². The Kier molecular flexibility index (Phi) is 6.33. The van der Waals surface area contributed by atoms with E-state index >= 15 is 0 Å². The summed E-state index contributed by atoms with van der Waals surface area (Å²) in [6.45, 7) is 1.85. The molecule has 1 aliphatic rings. The van der Waals surface area contributed by atoms with E-state index in [1.807, 2.05) is 0 Å². The molecule has 0 saturated heterocycles. The number of aliphatic hydroxyl groups excluding tert-OH is 1. The summed E-state index contributed by atoms with van der Waals surface area (Å²) in [6.07, 6.45) is 4.44. The predicted octanol–water partition coefficient (Wildman–Crippen LogP) is 3.03. The smallest absolute Gasteiger partial charge is 0.257 e. The van der Waals surface area contributed by atoms with Crippen LogP contribution in [0.4, 0.5) is 8.78 Å². The highest BCUT2D eigenvalue weighted by atomic mass is 19.1. The number of rotatable bonds is 5. The molecule has 4 nitrogen and oxygen atoms in total. The van der Waals surface area contributed by atoms with Crippen LogP contribution in [0.2, 0.25) is 0 Å². The summed E-state index contributed by atoms with van der Waals surface area (Å²) in [5, 5.41) is 12.2. The average Bonchev–Trinajstić information content (AvgIpc) is 2.75. The van der Waals surface area contributed by atoms with Crippen LogP contribution >= 0.6 is 0 Å². The van der Waals surface area contributed by atoms with Crippen LogP contribution in [0.5, 0.6) is 5.75 Å². The van der Waals surface area contributed by atoms with E-state index in [1.54, 1.807) is 6.92 Å². The summed E-state index contributed by atoms with van der Waals surface area (Å²) in [7, 11) is 0. The fourth-order valence-electron chi connectivity index (χ4n) is 3.04. The van der Waals surface area contributed by atoms with E-state index in [-0.39, 0.29) is 30.9 Å². The highest BCUT2D eigenvalue weighted by Gasteiger charge is 2.28. The number of nitrogens with one attached hydrogen (secondary N) is 1. The Bertz CT molecular complexity index is 551. The van der Waals surface area contributed by atoms with E-state index in [2.05, 4.69) is 5.32 Å². The molecule has 0 spiro atoms. The predicted molar refractivity (Wildman–Crippen MR) is 82.4 cm³/mol. The molecule has 2 N–H and O–H groups in total. The zero-order chi connectivity index (χ0) is 16.8. The SMILES string of the molecule is CCOc1ccc(F)c(C(=O)NC2CCCCCC2CO)c1F. The van der Waals surface area contributed by atoms with Crippen molar-refractivity contribution in [1.29, 1.82) is 0 Å². The van der Waals surface area contributed by atoms with Gasteiger partial charge < -0.3 is 15.2 Å². The quantitative estimate of drug-likeness (QED) is 0.817. The molecule has 2 atom stereocenters. The number of benzene rings is 1. The monoisotopic (exact) mass is 327 g/mol. The molecule has 1 aromatic carbocycles. The van der Waals surface area contributed by atoms with Gasteiger partial charge in [0.15, 0.2) is 11.6 Å². The van der Waals surface area contributed by atoms with Crippen molar-refractivity contribution in [1.82, 2.24) is 5.32 Å². The second-order valence-corrected chi connectivity index (χ2v) is 5.83. The van der Waals surface area contributed by atoms with Gasteiger partial charge in [-0.2, -0.15) is 0 Å². The summed E-state index contributed by atoms with van der Waals surface area (Å²) in [4.78, 5) is 12.4. The summed E-state index contributed by atoms with van der Waals surface area (Å²) in [5.41, 5.74) is -0.628. The van der Waals surface area contributed by atoms with Gasteiger partial charge in [-0.25, -0.2) is 8.78 Å². The minimum Gasteiger partial charge on any atom is -0.491 e. The lowest BCUT2D eigenvalue weighted by Gasteiger charge is -2.24. The highest BCUT2D eigenvalue weighted by Crippen LogP contribution is 2.26. The van der Waals surface area contributed by atoms with Crippen molar-refractivity contribution >= 4 is 5.91 Å². The van der Waals surface area contributed by atoms with Crippen LogP contribution in [0.25, 0.3) is 0 Å². The second-order valence-electron chi connectivity index (χ2n) is 5.83. The summed E-state index contributed by atoms with van der Waals surface area (Å²) >= 11 is 0. The Labute approximate surface area is 134 Å². The molecule has 23 heavy (non-hydrogen) atoms. The number of amides is 1. The lowest BCUT2D eigenvalue weighted by atomic mass is 9.95. The summed E-state index contributed by atoms with van der Waals surface area (Å²) < 4.78 is 33.3. The molecule has 1 saturated carbocycles. The third kappa shape index (κ3) is 4.19. The molecule has 2 rings (SSSR count). The molecule has 2 unspecified atom stereocenters. The first kappa shape index (κ1) is 17.7. The van der Waals surface area contributed by atoms with Crippen molar-refractivity contribution in [2.45, 2.75) is 45.1 Å². The van der Waals surface area contributed by atoms with Gasteiger partial charge in [0, 0.05) is 18.6 Å². The largest absolute Gasteiger partial charge is 0.491 e. The van der Waals surface area contributed by atoms with Crippen LogP contribution in [-0.4, -0.2) is 30.3 Å². The van der Waals surface area contributed by atoms with E-state index in [0.717, 1.165) is 31.7 Å². The van der Waals surface area contributed by atoms with Crippen molar-refractivity contribution < 1.29 is 23.4 Å². The number of ether oxygens (including phenoxy) is 1. The molecule has 0 radical (unpaired) electrons. The number of carbonyl (C=O) groups is 1. The van der Waals surface area contributed by atoms with Crippen LogP contribution in [-0.2, 0) is 0 Å². The summed E-state index contributed by atoms with van der Waals surface area (Å²) in [5.74, 6) is -2.93. The number of hydrogen-bond acceptors (Lipinski definition) is 3. The van der Waals surface area contributed by atoms with Crippen LogP contribution in [0, 0.1) is 17.6 Å². The van der Waals surface area contributed by atoms with Gasteiger partial charge in [-0.15, -0.1) is 0 Å². The maximum absolute atomic E-state index is 14.3. The highest BCUT2D eigenvalue weighted by molar-refractivity contribution is 5.95. The Morgan fingerprint density at radius 1 is 1.30 bits per heavy atom. The van der Waals surface area contributed by atoms with Crippen LogP contribution in [0.1, 0.15) is 49.4 Å². The van der Waals surface area contributed by atoms with Gasteiger partial charge in [0.05, 0.1) is 6.61 Å². The Hall–Kier alpha value is -1.69. The number of carbonyl (C=O) groups excluding carboxylic acids is 1. The molecular weight excluding hydrogens is 304 g/mol. The van der Waals surface area contributed by atoms with Crippen molar-refractivity contribution in [2.24, 2.45) is 5.92 Å². The van der Waals surface area contributed by atoms with Gasteiger partial charge in [0.25, 0.3) is 5.91 Å². The average molecular weight is 327 g/mol. The van der Waals surface area contributed by atoms with Gasteiger partial charge in [0.2, 0.25) is 0 Å². The lowest BCUT2D eigenvalue weighted by molar-refractivity contribution is 0.0890. The zero-order valence-corrected chi connectivity index (χ0v) is 13.3. The molecule has 0 aromatic heterocycles. The molecule has 0 heterocycles. The normalized spacial score (nSPS) is 21.6. The van der Waals surface area contributed by atoms with Crippen molar-refractivity contribution in [2.75, 3.05) is 13.2 Å². The molecule has 1 aromatic rings. The van der Waals surface area contributed by atoms with Crippen molar-refractivity contribution in [3.05, 3.63) is 29.3 Å². The third-order valence-corrected chi connectivity index (χ3v) is 4.29. The van der Waals surface area contributed by atoms with E-state index < -0.39 is 23.1 Å². The number of hydrogen-bond donors (Lipinski definition) is 2. The second kappa shape index (κ2) is 8.24. The maximum atomic E-state index is 14.3. The van der Waals surface area contributed by atoms with Gasteiger partial charge in [-0.1, -0.05) is 19.3 Å². The first-order chi connectivity index (χ1) is 11.1. The van der Waals surface area contributed by atoms with E-state index in [1.165, 1.54) is 6.07 Å². The van der Waals surface area contributed by atoms with Gasteiger partial charge in [-0.3, -0.25) is 4.79 Å². The summed E-state index contributed by atoms with van der Waals surface area (Å²) in [6, 6.07) is 1.93. The fraction of sp³-hybridized carbons (Fsp3) is 0.588. The Morgan fingerprint density at radius 3 is 2.74 bits per heavy atom. The van der Waals surface area contributed by atoms with Crippen molar-refractivity contribution in [3.63, 3.8) is 0 Å². The molecule has 0 bridgehead atoms. The minimum absolute atomic E-state index is 0.0467. The number of aliphatic hydroxyl groups is 1. The van der Waals surface area contributed by atoms with E-state index in [0.29, 0.717) is 6.42 Å². The lowest BCUT2D eigenvalue weighted by Crippen LogP contribution is -2.41.